The lowest BCUT2D eigenvalue weighted by molar-refractivity contribution is 0.0951. The monoisotopic (exact) mass is 340 g/mol. The second-order valence-corrected chi connectivity index (χ2v) is 6.95. The second-order valence-electron chi connectivity index (χ2n) is 6.95. The lowest BCUT2D eigenvalue weighted by Gasteiger charge is -2.17. The van der Waals surface area contributed by atoms with Crippen molar-refractivity contribution in [3.05, 3.63) is 53.3 Å². The Hall–Kier alpha value is -2.40. The predicted molar refractivity (Wildman–Crippen MR) is 94.4 cm³/mol. The Labute approximate surface area is 146 Å². The van der Waals surface area contributed by atoms with Gasteiger partial charge in [0.05, 0.1) is 7.11 Å². The number of hydrogen-bond donors (Lipinski definition) is 1. The molecule has 1 amide bonds. The number of benzene rings is 2. The van der Waals surface area contributed by atoms with Gasteiger partial charge in [0.1, 0.15) is 11.6 Å². The maximum absolute atomic E-state index is 14.3. The van der Waals surface area contributed by atoms with E-state index in [0.717, 1.165) is 18.7 Å². The number of carbonyl (C=O) groups excluding carboxylic acids is 1. The third-order valence-corrected chi connectivity index (χ3v) is 5.33. The van der Waals surface area contributed by atoms with Crippen molar-refractivity contribution in [2.45, 2.75) is 5.92 Å². The van der Waals surface area contributed by atoms with Crippen LogP contribution in [-0.2, 0) is 0 Å². The normalized spacial score (nSPS) is 22.8. The molecule has 5 heteroatoms. The molecule has 2 aliphatic heterocycles. The molecule has 2 aliphatic rings. The van der Waals surface area contributed by atoms with E-state index in [4.69, 9.17) is 4.74 Å². The number of halogens is 1. The first-order valence-electron chi connectivity index (χ1n) is 8.51. The summed E-state index contributed by atoms with van der Waals surface area (Å²) in [6.45, 7) is 2.61. The molecule has 130 valence electrons. The summed E-state index contributed by atoms with van der Waals surface area (Å²) in [7, 11) is 3.66. The fourth-order valence-corrected chi connectivity index (χ4v) is 4.06. The summed E-state index contributed by atoms with van der Waals surface area (Å²) in [5.41, 5.74) is 2.85. The SMILES string of the molecule is COc1ccc(F)c(-c2ccc3c(c2)C(=O)NC[C@@H]2CN(C)C[C@@H]32)c1. The van der Waals surface area contributed by atoms with Crippen molar-refractivity contribution in [3.63, 3.8) is 0 Å². The van der Waals surface area contributed by atoms with Crippen LogP contribution in [0.2, 0.25) is 0 Å². The zero-order valence-corrected chi connectivity index (χ0v) is 14.4. The summed E-state index contributed by atoms with van der Waals surface area (Å²) in [4.78, 5) is 14.9. The Balaban J connectivity index is 1.81. The van der Waals surface area contributed by atoms with Gasteiger partial charge in [-0.15, -0.1) is 0 Å². The average molecular weight is 340 g/mol. The van der Waals surface area contributed by atoms with Gasteiger partial charge in [-0.25, -0.2) is 4.39 Å². The molecule has 0 bridgehead atoms. The molecule has 1 saturated heterocycles. The van der Waals surface area contributed by atoms with Gasteiger partial charge in [0.25, 0.3) is 5.91 Å². The van der Waals surface area contributed by atoms with E-state index in [2.05, 4.69) is 17.3 Å². The van der Waals surface area contributed by atoms with Crippen molar-refractivity contribution in [1.29, 1.82) is 0 Å². The number of ether oxygens (including phenoxy) is 1. The maximum atomic E-state index is 14.3. The third kappa shape index (κ3) is 2.78. The predicted octanol–water partition coefficient (Wildman–Crippen LogP) is 2.89. The molecule has 2 heterocycles. The van der Waals surface area contributed by atoms with Crippen molar-refractivity contribution in [2.75, 3.05) is 33.8 Å². The van der Waals surface area contributed by atoms with Gasteiger partial charge in [0.2, 0.25) is 0 Å². The average Bonchev–Trinajstić information content (AvgIpc) is 2.94. The summed E-state index contributed by atoms with van der Waals surface area (Å²) in [5.74, 6) is 0.955. The molecule has 2 aromatic carbocycles. The Kier molecular flexibility index (Phi) is 3.96. The number of likely N-dealkylation sites (N-methyl/N-ethyl adjacent to an activating group) is 1. The number of fused-ring (bicyclic) bond motifs is 3. The van der Waals surface area contributed by atoms with Crippen LogP contribution in [-0.4, -0.2) is 44.6 Å². The fourth-order valence-electron chi connectivity index (χ4n) is 4.06. The van der Waals surface area contributed by atoms with Crippen LogP contribution in [0, 0.1) is 11.7 Å². The molecule has 25 heavy (non-hydrogen) atoms. The van der Waals surface area contributed by atoms with Gasteiger partial charge in [-0.05, 0) is 48.4 Å². The Morgan fingerprint density at radius 3 is 2.80 bits per heavy atom. The van der Waals surface area contributed by atoms with E-state index in [0.29, 0.717) is 40.8 Å². The van der Waals surface area contributed by atoms with E-state index in [1.807, 2.05) is 18.2 Å². The fraction of sp³-hybridized carbons (Fsp3) is 0.350. The molecule has 0 spiro atoms. The summed E-state index contributed by atoms with van der Waals surface area (Å²) in [5, 5.41) is 3.02. The number of nitrogens with zero attached hydrogens (tertiary/aromatic N) is 1. The lowest BCUT2D eigenvalue weighted by Crippen LogP contribution is -2.29. The van der Waals surface area contributed by atoms with Crippen LogP contribution >= 0.6 is 0 Å². The minimum Gasteiger partial charge on any atom is -0.497 e. The highest BCUT2D eigenvalue weighted by molar-refractivity contribution is 5.97. The van der Waals surface area contributed by atoms with Crippen LogP contribution in [0.25, 0.3) is 11.1 Å². The molecule has 0 saturated carbocycles. The summed E-state index contributed by atoms with van der Waals surface area (Å²) in [6.07, 6.45) is 0. The third-order valence-electron chi connectivity index (χ3n) is 5.33. The van der Waals surface area contributed by atoms with E-state index >= 15 is 0 Å². The smallest absolute Gasteiger partial charge is 0.251 e. The lowest BCUT2D eigenvalue weighted by atomic mass is 9.86. The van der Waals surface area contributed by atoms with Crippen molar-refractivity contribution >= 4 is 5.91 Å². The molecule has 4 nitrogen and oxygen atoms in total. The van der Waals surface area contributed by atoms with Gasteiger partial charge in [-0.2, -0.15) is 0 Å². The molecule has 0 unspecified atom stereocenters. The second kappa shape index (κ2) is 6.15. The standard InChI is InChI=1S/C20H21FN2O2/c1-23-10-13-9-22-20(24)17-7-12(3-5-15(17)18(13)11-23)16-8-14(25-2)4-6-19(16)21/h3-8,13,18H,9-11H2,1-2H3,(H,22,24)/t13-,18-/m1/s1. The number of amides is 1. The van der Waals surface area contributed by atoms with Gasteiger partial charge in [0, 0.05) is 36.7 Å². The largest absolute Gasteiger partial charge is 0.497 e. The molecule has 4 rings (SSSR count). The molecule has 0 aromatic heterocycles. The molecule has 2 aromatic rings. The number of nitrogens with one attached hydrogen (secondary N) is 1. The molecule has 1 N–H and O–H groups in total. The maximum Gasteiger partial charge on any atom is 0.251 e. The van der Waals surface area contributed by atoms with E-state index in [1.165, 1.54) is 6.07 Å². The van der Waals surface area contributed by atoms with E-state index in [-0.39, 0.29) is 11.7 Å². The highest BCUT2D eigenvalue weighted by atomic mass is 19.1. The minimum absolute atomic E-state index is 0.0720. The first-order valence-corrected chi connectivity index (χ1v) is 8.51. The highest BCUT2D eigenvalue weighted by Crippen LogP contribution is 2.37. The van der Waals surface area contributed by atoms with Crippen LogP contribution in [0.1, 0.15) is 21.8 Å². The van der Waals surface area contributed by atoms with Gasteiger partial charge >= 0.3 is 0 Å². The molecule has 0 radical (unpaired) electrons. The summed E-state index contributed by atoms with van der Waals surface area (Å²) < 4.78 is 19.5. The molecule has 1 fully saturated rings. The van der Waals surface area contributed by atoms with Crippen molar-refractivity contribution in [1.82, 2.24) is 10.2 Å². The van der Waals surface area contributed by atoms with Gasteiger partial charge in [0.15, 0.2) is 0 Å². The van der Waals surface area contributed by atoms with E-state index in [9.17, 15) is 9.18 Å². The van der Waals surface area contributed by atoms with Crippen LogP contribution in [0.3, 0.4) is 0 Å². The number of carbonyl (C=O) groups is 1. The van der Waals surface area contributed by atoms with Crippen LogP contribution in [0.4, 0.5) is 4.39 Å². The molecular formula is C20H21FN2O2. The zero-order chi connectivity index (χ0) is 17.6. The molecule has 0 aliphatic carbocycles. The number of hydrogen-bond acceptors (Lipinski definition) is 3. The summed E-state index contributed by atoms with van der Waals surface area (Å²) in [6, 6.07) is 10.4. The topological polar surface area (TPSA) is 41.6 Å². The zero-order valence-electron chi connectivity index (χ0n) is 14.4. The van der Waals surface area contributed by atoms with Crippen molar-refractivity contribution in [2.24, 2.45) is 5.92 Å². The minimum atomic E-state index is -0.326. The van der Waals surface area contributed by atoms with E-state index in [1.54, 1.807) is 19.2 Å². The first-order chi connectivity index (χ1) is 12.1. The number of methoxy groups -OCH3 is 1. The van der Waals surface area contributed by atoms with Crippen LogP contribution in [0.5, 0.6) is 5.75 Å². The van der Waals surface area contributed by atoms with Crippen LogP contribution < -0.4 is 10.1 Å². The first kappa shape index (κ1) is 16.1. The van der Waals surface area contributed by atoms with Crippen molar-refractivity contribution < 1.29 is 13.9 Å². The molecule has 2 atom stereocenters. The Morgan fingerprint density at radius 1 is 1.16 bits per heavy atom. The summed E-state index contributed by atoms with van der Waals surface area (Å²) >= 11 is 0. The Bertz CT molecular complexity index is 836. The van der Waals surface area contributed by atoms with Gasteiger partial charge in [-0.1, -0.05) is 12.1 Å². The van der Waals surface area contributed by atoms with Crippen LogP contribution in [0.15, 0.2) is 36.4 Å². The van der Waals surface area contributed by atoms with E-state index < -0.39 is 0 Å². The number of likely N-dealkylation sites (tertiary alicyclic amines) is 1. The van der Waals surface area contributed by atoms with Crippen molar-refractivity contribution in [3.8, 4) is 16.9 Å². The number of rotatable bonds is 2. The van der Waals surface area contributed by atoms with Gasteiger partial charge in [-0.3, -0.25) is 4.79 Å². The quantitative estimate of drug-likeness (QED) is 0.914. The highest BCUT2D eigenvalue weighted by Gasteiger charge is 2.36. The Morgan fingerprint density at radius 2 is 2.00 bits per heavy atom. The van der Waals surface area contributed by atoms with Gasteiger partial charge < -0.3 is 15.0 Å². The molecular weight excluding hydrogens is 319 g/mol.